The van der Waals surface area contributed by atoms with E-state index in [4.69, 9.17) is 0 Å². The van der Waals surface area contributed by atoms with Gasteiger partial charge in [-0.1, -0.05) is 12.1 Å². The first-order valence-corrected chi connectivity index (χ1v) is 8.42. The Hall–Kier alpha value is -2.25. The third-order valence-corrected chi connectivity index (χ3v) is 4.74. The number of aliphatic hydroxyl groups is 1. The van der Waals surface area contributed by atoms with E-state index in [1.807, 2.05) is 0 Å². The van der Waals surface area contributed by atoms with Crippen molar-refractivity contribution in [2.45, 2.75) is 13.0 Å². The molecule has 0 aliphatic carbocycles. The van der Waals surface area contributed by atoms with E-state index < -0.39 is 23.5 Å². The lowest BCUT2D eigenvalue weighted by Crippen LogP contribution is -2.47. The van der Waals surface area contributed by atoms with Crippen molar-refractivity contribution in [3.8, 4) is 0 Å². The van der Waals surface area contributed by atoms with Crippen molar-refractivity contribution in [3.63, 3.8) is 0 Å². The lowest BCUT2D eigenvalue weighted by atomic mass is 9.97. The Balaban J connectivity index is 1.85. The van der Waals surface area contributed by atoms with E-state index in [0.717, 1.165) is 26.2 Å². The Morgan fingerprint density at radius 2 is 1.88 bits per heavy atom. The van der Waals surface area contributed by atoms with Crippen LogP contribution in [-0.4, -0.2) is 65.9 Å². The first-order valence-electron chi connectivity index (χ1n) is 8.42. The minimum Gasteiger partial charge on any atom is -0.503 e. The monoisotopic (exact) mass is 347 g/mol. The van der Waals surface area contributed by atoms with Gasteiger partial charge in [0.25, 0.3) is 5.91 Å². The number of nitrogens with zero attached hydrogens (tertiary/aromatic N) is 2. The molecular weight excluding hydrogens is 325 g/mol. The molecule has 2 aliphatic rings. The fourth-order valence-corrected chi connectivity index (χ4v) is 3.42. The summed E-state index contributed by atoms with van der Waals surface area (Å²) in [6.07, 6.45) is 0. The van der Waals surface area contributed by atoms with E-state index in [9.17, 15) is 19.1 Å². The lowest BCUT2D eigenvalue weighted by Gasteiger charge is -2.32. The number of piperazine rings is 1. The summed E-state index contributed by atoms with van der Waals surface area (Å²) < 4.78 is 13.2. The number of rotatable bonds is 5. The molecular formula is C18H22FN3O3. The highest BCUT2D eigenvalue weighted by Gasteiger charge is 2.42. The van der Waals surface area contributed by atoms with Gasteiger partial charge in [0.15, 0.2) is 11.5 Å². The molecule has 1 fully saturated rings. The van der Waals surface area contributed by atoms with Gasteiger partial charge in [-0.2, -0.15) is 0 Å². The standard InChI is InChI=1S/C18H22FN3O3/c1-12(23)15-16(13-2-4-14(19)5-3-13)22(18(25)17(15)24)11-10-21-8-6-20-7-9-21/h2-5,16,20,24H,6-11H2,1H3/t16-/m1/s1. The van der Waals surface area contributed by atoms with Gasteiger partial charge >= 0.3 is 0 Å². The molecule has 0 aromatic heterocycles. The number of Topliss-reactive ketones (excluding diaryl/α,β-unsaturated/α-hetero) is 1. The molecule has 0 saturated carbocycles. The molecule has 0 unspecified atom stereocenters. The number of nitrogens with one attached hydrogen (secondary N) is 1. The van der Waals surface area contributed by atoms with Crippen molar-refractivity contribution in [2.24, 2.45) is 0 Å². The van der Waals surface area contributed by atoms with Crippen LogP contribution in [-0.2, 0) is 9.59 Å². The molecule has 2 heterocycles. The second-order valence-electron chi connectivity index (χ2n) is 6.36. The van der Waals surface area contributed by atoms with Crippen LogP contribution in [0.5, 0.6) is 0 Å². The van der Waals surface area contributed by atoms with Crippen LogP contribution < -0.4 is 5.32 Å². The van der Waals surface area contributed by atoms with Crippen molar-refractivity contribution in [1.82, 2.24) is 15.1 Å². The van der Waals surface area contributed by atoms with E-state index in [-0.39, 0.29) is 11.4 Å². The molecule has 2 N–H and O–H groups in total. The quantitative estimate of drug-likeness (QED) is 0.832. The predicted octanol–water partition coefficient (Wildman–Crippen LogP) is 1.02. The normalized spacial score (nSPS) is 21.9. The molecule has 1 aromatic carbocycles. The molecule has 6 nitrogen and oxygen atoms in total. The van der Waals surface area contributed by atoms with Crippen molar-refractivity contribution < 1.29 is 19.1 Å². The van der Waals surface area contributed by atoms with Gasteiger partial charge in [-0.25, -0.2) is 4.39 Å². The van der Waals surface area contributed by atoms with Gasteiger partial charge in [0, 0.05) is 39.3 Å². The van der Waals surface area contributed by atoms with Crippen LogP contribution in [0.2, 0.25) is 0 Å². The van der Waals surface area contributed by atoms with E-state index in [1.54, 1.807) is 12.1 Å². The first-order chi connectivity index (χ1) is 12.0. The summed E-state index contributed by atoms with van der Waals surface area (Å²) in [6, 6.07) is 5.01. The molecule has 1 saturated heterocycles. The second kappa shape index (κ2) is 7.33. The largest absolute Gasteiger partial charge is 0.503 e. The topological polar surface area (TPSA) is 72.9 Å². The van der Waals surface area contributed by atoms with Crippen molar-refractivity contribution >= 4 is 11.7 Å². The van der Waals surface area contributed by atoms with Gasteiger partial charge < -0.3 is 15.3 Å². The van der Waals surface area contributed by atoms with Crippen LogP contribution in [0, 0.1) is 5.82 Å². The number of aliphatic hydroxyl groups excluding tert-OH is 1. The lowest BCUT2D eigenvalue weighted by molar-refractivity contribution is -0.129. The second-order valence-corrected chi connectivity index (χ2v) is 6.36. The number of halogens is 1. The van der Waals surface area contributed by atoms with E-state index in [0.29, 0.717) is 18.7 Å². The average molecular weight is 347 g/mol. The third-order valence-electron chi connectivity index (χ3n) is 4.74. The predicted molar refractivity (Wildman–Crippen MR) is 90.5 cm³/mol. The van der Waals surface area contributed by atoms with Crippen LogP contribution in [0.1, 0.15) is 18.5 Å². The van der Waals surface area contributed by atoms with Gasteiger partial charge in [-0.3, -0.25) is 14.5 Å². The number of amides is 1. The number of ketones is 1. The molecule has 25 heavy (non-hydrogen) atoms. The molecule has 0 spiro atoms. The summed E-state index contributed by atoms with van der Waals surface area (Å²) in [5.74, 6) is -1.79. The summed E-state index contributed by atoms with van der Waals surface area (Å²) in [5, 5.41) is 13.5. The molecule has 7 heteroatoms. The van der Waals surface area contributed by atoms with Crippen LogP contribution in [0.4, 0.5) is 4.39 Å². The van der Waals surface area contributed by atoms with Gasteiger partial charge in [0.1, 0.15) is 5.82 Å². The van der Waals surface area contributed by atoms with Gasteiger partial charge in [-0.15, -0.1) is 0 Å². The highest BCUT2D eigenvalue weighted by atomic mass is 19.1. The first kappa shape index (κ1) is 17.6. The van der Waals surface area contributed by atoms with Crippen LogP contribution >= 0.6 is 0 Å². The maximum absolute atomic E-state index is 13.2. The fraction of sp³-hybridized carbons (Fsp3) is 0.444. The highest BCUT2D eigenvalue weighted by Crippen LogP contribution is 2.37. The zero-order chi connectivity index (χ0) is 18.0. The van der Waals surface area contributed by atoms with Crippen molar-refractivity contribution in [3.05, 3.63) is 47.0 Å². The zero-order valence-electron chi connectivity index (χ0n) is 14.2. The third kappa shape index (κ3) is 3.57. The number of hydrogen-bond acceptors (Lipinski definition) is 5. The Morgan fingerprint density at radius 3 is 2.48 bits per heavy atom. The Labute approximate surface area is 145 Å². The Kier molecular flexibility index (Phi) is 5.15. The zero-order valence-corrected chi connectivity index (χ0v) is 14.2. The molecule has 0 bridgehead atoms. The molecule has 1 amide bonds. The molecule has 0 radical (unpaired) electrons. The molecule has 1 atom stereocenters. The number of benzene rings is 1. The fourth-order valence-electron chi connectivity index (χ4n) is 3.42. The van der Waals surface area contributed by atoms with Crippen molar-refractivity contribution in [1.29, 1.82) is 0 Å². The molecule has 134 valence electrons. The summed E-state index contributed by atoms with van der Waals surface area (Å²) >= 11 is 0. The Morgan fingerprint density at radius 1 is 1.24 bits per heavy atom. The summed E-state index contributed by atoms with van der Waals surface area (Å²) in [7, 11) is 0. The SMILES string of the molecule is CC(=O)C1=C(O)C(=O)N(CCN2CCNCC2)[C@@H]1c1ccc(F)cc1. The molecule has 3 rings (SSSR count). The highest BCUT2D eigenvalue weighted by molar-refractivity contribution is 6.08. The van der Waals surface area contributed by atoms with Gasteiger partial charge in [0.2, 0.25) is 0 Å². The van der Waals surface area contributed by atoms with E-state index in [2.05, 4.69) is 10.2 Å². The van der Waals surface area contributed by atoms with Crippen molar-refractivity contribution in [2.75, 3.05) is 39.3 Å². The van der Waals surface area contributed by atoms with Crippen LogP contribution in [0.25, 0.3) is 0 Å². The summed E-state index contributed by atoms with van der Waals surface area (Å²) in [5.41, 5.74) is 0.696. The van der Waals surface area contributed by atoms with Crippen LogP contribution in [0.15, 0.2) is 35.6 Å². The number of hydrogen-bond donors (Lipinski definition) is 2. The smallest absolute Gasteiger partial charge is 0.290 e. The maximum Gasteiger partial charge on any atom is 0.290 e. The minimum absolute atomic E-state index is 0.0805. The van der Waals surface area contributed by atoms with Gasteiger partial charge in [0.05, 0.1) is 11.6 Å². The number of carbonyl (C=O) groups is 2. The van der Waals surface area contributed by atoms with Crippen LogP contribution in [0.3, 0.4) is 0 Å². The maximum atomic E-state index is 13.2. The average Bonchev–Trinajstić information content (AvgIpc) is 2.86. The van der Waals surface area contributed by atoms with E-state index >= 15 is 0 Å². The Bertz CT molecular complexity index is 696. The number of carbonyl (C=O) groups excluding carboxylic acids is 2. The minimum atomic E-state index is -0.673. The van der Waals surface area contributed by atoms with Gasteiger partial charge in [-0.05, 0) is 24.6 Å². The molecule has 2 aliphatic heterocycles. The summed E-state index contributed by atoms with van der Waals surface area (Å²) in [6.45, 7) is 5.96. The van der Waals surface area contributed by atoms with E-state index in [1.165, 1.54) is 24.0 Å². The summed E-state index contributed by atoms with van der Waals surface area (Å²) in [4.78, 5) is 28.3. The molecule has 1 aromatic rings.